The molecule has 0 aliphatic carbocycles. The monoisotopic (exact) mass is 370 g/mol. The Hall–Kier alpha value is -3.13. The summed E-state index contributed by atoms with van der Waals surface area (Å²) in [7, 11) is 4.82. The number of aromatic nitrogens is 3. The van der Waals surface area contributed by atoms with Crippen LogP contribution >= 0.6 is 0 Å². The van der Waals surface area contributed by atoms with Crippen LogP contribution in [0, 0.1) is 0 Å². The molecule has 0 radical (unpaired) electrons. The molecule has 142 valence electrons. The van der Waals surface area contributed by atoms with Gasteiger partial charge in [-0.3, -0.25) is 0 Å². The second kappa shape index (κ2) is 8.50. The molecule has 0 fully saturated rings. The van der Waals surface area contributed by atoms with Gasteiger partial charge < -0.3 is 24.1 Å². The molecular formula is C19H22N4O4. The Labute approximate surface area is 157 Å². The standard InChI is InChI=1S/C19H22N4O4/c1-12(11-24-2)21-16-9-8-13(10-20-16)19-22-18(23-27-19)14-6-5-7-15(25-3)17(14)26-4/h5-10,12H,11H2,1-4H3,(H,20,21). The molecule has 27 heavy (non-hydrogen) atoms. The lowest BCUT2D eigenvalue weighted by Gasteiger charge is -2.13. The summed E-state index contributed by atoms with van der Waals surface area (Å²) in [5.74, 6) is 2.69. The van der Waals surface area contributed by atoms with Crippen molar-refractivity contribution in [2.24, 2.45) is 0 Å². The minimum absolute atomic E-state index is 0.156. The van der Waals surface area contributed by atoms with E-state index in [2.05, 4.69) is 20.4 Å². The molecule has 0 bridgehead atoms. The van der Waals surface area contributed by atoms with Crippen LogP contribution in [0.5, 0.6) is 11.5 Å². The van der Waals surface area contributed by atoms with E-state index in [4.69, 9.17) is 18.7 Å². The van der Waals surface area contributed by atoms with Crippen LogP contribution in [0.2, 0.25) is 0 Å². The molecule has 3 rings (SSSR count). The first-order valence-corrected chi connectivity index (χ1v) is 8.43. The van der Waals surface area contributed by atoms with Gasteiger partial charge in [-0.25, -0.2) is 4.98 Å². The molecule has 2 heterocycles. The SMILES string of the molecule is COCC(C)Nc1ccc(-c2nc(-c3cccc(OC)c3OC)no2)cn1. The van der Waals surface area contributed by atoms with Crippen molar-refractivity contribution in [2.75, 3.05) is 33.3 Å². The summed E-state index contributed by atoms with van der Waals surface area (Å²) in [5, 5.41) is 7.31. The normalized spacial score (nSPS) is 11.9. The Kier molecular flexibility index (Phi) is 5.87. The largest absolute Gasteiger partial charge is 0.493 e. The molecule has 0 saturated carbocycles. The highest BCUT2D eigenvalue weighted by molar-refractivity contribution is 5.69. The zero-order valence-corrected chi connectivity index (χ0v) is 15.7. The average molecular weight is 370 g/mol. The smallest absolute Gasteiger partial charge is 0.259 e. The molecule has 1 N–H and O–H groups in total. The highest BCUT2D eigenvalue weighted by Gasteiger charge is 2.17. The van der Waals surface area contributed by atoms with E-state index in [1.165, 1.54) is 0 Å². The number of benzene rings is 1. The van der Waals surface area contributed by atoms with E-state index in [0.29, 0.717) is 35.4 Å². The van der Waals surface area contributed by atoms with Gasteiger partial charge in [0.1, 0.15) is 5.82 Å². The van der Waals surface area contributed by atoms with Crippen molar-refractivity contribution in [1.82, 2.24) is 15.1 Å². The lowest BCUT2D eigenvalue weighted by Crippen LogP contribution is -2.21. The third-order valence-electron chi connectivity index (χ3n) is 3.89. The summed E-state index contributed by atoms with van der Waals surface area (Å²) in [6, 6.07) is 9.38. The molecule has 1 unspecified atom stereocenters. The van der Waals surface area contributed by atoms with Gasteiger partial charge in [0.25, 0.3) is 5.89 Å². The predicted octanol–water partition coefficient (Wildman–Crippen LogP) is 3.26. The van der Waals surface area contributed by atoms with Gasteiger partial charge in [0, 0.05) is 19.3 Å². The molecule has 0 aliphatic heterocycles. The predicted molar refractivity (Wildman–Crippen MR) is 101 cm³/mol. The maximum atomic E-state index is 5.43. The summed E-state index contributed by atoms with van der Waals surface area (Å²) in [6.07, 6.45) is 1.68. The summed E-state index contributed by atoms with van der Waals surface area (Å²) in [5.41, 5.74) is 1.41. The minimum Gasteiger partial charge on any atom is -0.493 e. The van der Waals surface area contributed by atoms with Crippen LogP contribution in [-0.4, -0.2) is 49.1 Å². The zero-order chi connectivity index (χ0) is 19.2. The number of hydrogen-bond donors (Lipinski definition) is 1. The van der Waals surface area contributed by atoms with Crippen LogP contribution in [0.1, 0.15) is 6.92 Å². The second-order valence-corrected chi connectivity index (χ2v) is 5.90. The average Bonchev–Trinajstić information content (AvgIpc) is 3.18. The van der Waals surface area contributed by atoms with E-state index in [0.717, 1.165) is 11.4 Å². The molecule has 8 heteroatoms. The molecule has 8 nitrogen and oxygen atoms in total. The number of nitrogens with one attached hydrogen (secondary N) is 1. The Morgan fingerprint density at radius 3 is 2.63 bits per heavy atom. The first-order valence-electron chi connectivity index (χ1n) is 8.43. The number of hydrogen-bond acceptors (Lipinski definition) is 8. The maximum Gasteiger partial charge on any atom is 0.259 e. The van der Waals surface area contributed by atoms with E-state index < -0.39 is 0 Å². The molecule has 1 aromatic carbocycles. The van der Waals surface area contributed by atoms with Gasteiger partial charge in [0.05, 0.1) is 32.0 Å². The van der Waals surface area contributed by atoms with E-state index in [9.17, 15) is 0 Å². The summed E-state index contributed by atoms with van der Waals surface area (Å²) < 4.78 is 21.3. The third-order valence-corrected chi connectivity index (χ3v) is 3.89. The summed E-state index contributed by atoms with van der Waals surface area (Å²) in [4.78, 5) is 8.84. The molecule has 0 aliphatic rings. The van der Waals surface area contributed by atoms with Crippen LogP contribution in [0.25, 0.3) is 22.8 Å². The number of ether oxygens (including phenoxy) is 3. The van der Waals surface area contributed by atoms with Gasteiger partial charge in [-0.15, -0.1) is 0 Å². The Morgan fingerprint density at radius 2 is 1.96 bits per heavy atom. The van der Waals surface area contributed by atoms with Gasteiger partial charge in [-0.05, 0) is 31.2 Å². The van der Waals surface area contributed by atoms with Crippen LogP contribution in [-0.2, 0) is 4.74 Å². The van der Waals surface area contributed by atoms with Crippen LogP contribution in [0.4, 0.5) is 5.82 Å². The van der Waals surface area contributed by atoms with Crippen LogP contribution < -0.4 is 14.8 Å². The van der Waals surface area contributed by atoms with E-state index in [1.54, 1.807) is 27.5 Å². The molecule has 2 aromatic heterocycles. The fraction of sp³-hybridized carbons (Fsp3) is 0.316. The number of anilines is 1. The topological polar surface area (TPSA) is 91.5 Å². The van der Waals surface area contributed by atoms with Crippen molar-refractivity contribution in [3.05, 3.63) is 36.5 Å². The van der Waals surface area contributed by atoms with Gasteiger partial charge in [0.2, 0.25) is 5.82 Å². The van der Waals surface area contributed by atoms with Crippen molar-refractivity contribution in [2.45, 2.75) is 13.0 Å². The van der Waals surface area contributed by atoms with Crippen molar-refractivity contribution in [3.8, 4) is 34.3 Å². The third kappa shape index (κ3) is 4.17. The van der Waals surface area contributed by atoms with Gasteiger partial charge in [0.15, 0.2) is 11.5 Å². The number of methoxy groups -OCH3 is 3. The highest BCUT2D eigenvalue weighted by atomic mass is 16.5. The molecule has 0 saturated heterocycles. The van der Waals surface area contributed by atoms with E-state index >= 15 is 0 Å². The first-order chi connectivity index (χ1) is 13.2. The van der Waals surface area contributed by atoms with Crippen molar-refractivity contribution >= 4 is 5.82 Å². The first kappa shape index (κ1) is 18.7. The Bertz CT molecular complexity index is 880. The fourth-order valence-electron chi connectivity index (χ4n) is 2.66. The minimum atomic E-state index is 0.156. The summed E-state index contributed by atoms with van der Waals surface area (Å²) in [6.45, 7) is 2.61. The van der Waals surface area contributed by atoms with Gasteiger partial charge >= 0.3 is 0 Å². The number of pyridine rings is 1. The van der Waals surface area contributed by atoms with Crippen LogP contribution in [0.15, 0.2) is 41.1 Å². The van der Waals surface area contributed by atoms with Crippen molar-refractivity contribution in [3.63, 3.8) is 0 Å². The van der Waals surface area contributed by atoms with Gasteiger partial charge in [-0.1, -0.05) is 11.2 Å². The molecular weight excluding hydrogens is 348 g/mol. The molecule has 0 spiro atoms. The van der Waals surface area contributed by atoms with Gasteiger partial charge in [-0.2, -0.15) is 4.98 Å². The zero-order valence-electron chi connectivity index (χ0n) is 15.7. The quantitative estimate of drug-likeness (QED) is 0.646. The maximum absolute atomic E-state index is 5.43. The second-order valence-electron chi connectivity index (χ2n) is 5.90. The van der Waals surface area contributed by atoms with E-state index in [1.807, 2.05) is 37.3 Å². The Morgan fingerprint density at radius 1 is 1.11 bits per heavy atom. The van der Waals surface area contributed by atoms with E-state index in [-0.39, 0.29) is 6.04 Å². The Balaban J connectivity index is 1.82. The molecule has 3 aromatic rings. The molecule has 0 amide bonds. The fourth-order valence-corrected chi connectivity index (χ4v) is 2.66. The lowest BCUT2D eigenvalue weighted by atomic mass is 10.1. The van der Waals surface area contributed by atoms with Crippen molar-refractivity contribution in [1.29, 1.82) is 0 Å². The molecule has 1 atom stereocenters. The number of para-hydroxylation sites is 1. The highest BCUT2D eigenvalue weighted by Crippen LogP contribution is 2.37. The number of nitrogens with zero attached hydrogens (tertiary/aromatic N) is 3. The summed E-state index contributed by atoms with van der Waals surface area (Å²) >= 11 is 0. The lowest BCUT2D eigenvalue weighted by molar-refractivity contribution is 0.190. The van der Waals surface area contributed by atoms with Crippen LogP contribution in [0.3, 0.4) is 0 Å². The van der Waals surface area contributed by atoms with Crippen molar-refractivity contribution < 1.29 is 18.7 Å². The number of rotatable bonds is 8.